The zero-order valence-electron chi connectivity index (χ0n) is 18.1. The third-order valence-corrected chi connectivity index (χ3v) is 12.1. The molecule has 1 fully saturated rings. The van der Waals surface area contributed by atoms with Gasteiger partial charge in [0.05, 0.1) is 9.90 Å². The molecule has 0 radical (unpaired) electrons. The molecule has 1 saturated carbocycles. The number of anilines is 1. The van der Waals surface area contributed by atoms with E-state index in [1.807, 2.05) is 0 Å². The molecule has 1 spiro atoms. The van der Waals surface area contributed by atoms with Crippen molar-refractivity contribution in [3.05, 3.63) is 39.0 Å². The summed E-state index contributed by atoms with van der Waals surface area (Å²) in [5, 5.41) is 22.9. The van der Waals surface area contributed by atoms with Gasteiger partial charge in [0.1, 0.15) is 0 Å². The van der Waals surface area contributed by atoms with Crippen LogP contribution in [0, 0.1) is 0 Å². The maximum atomic E-state index is 14.0. The number of aromatic nitrogens is 1. The summed E-state index contributed by atoms with van der Waals surface area (Å²) in [6.45, 7) is 0. The maximum Gasteiger partial charge on any atom is 0.192 e. The summed E-state index contributed by atoms with van der Waals surface area (Å²) in [5.41, 5.74) is 8.59. The van der Waals surface area contributed by atoms with Crippen LogP contribution in [0.15, 0.2) is 9.59 Å². The van der Waals surface area contributed by atoms with Crippen LogP contribution in [0.2, 0.25) is 0 Å². The Balaban J connectivity index is 1.31. The van der Waals surface area contributed by atoms with E-state index >= 15 is 0 Å². The highest BCUT2D eigenvalue weighted by Crippen LogP contribution is 2.58. The van der Waals surface area contributed by atoms with Gasteiger partial charge in [-0.2, -0.15) is 4.72 Å². The first-order valence-corrected chi connectivity index (χ1v) is 14.9. The Kier molecular flexibility index (Phi) is 4.32. The van der Waals surface area contributed by atoms with Gasteiger partial charge in [-0.3, -0.25) is 10.1 Å². The van der Waals surface area contributed by atoms with E-state index in [2.05, 4.69) is 15.4 Å². The minimum absolute atomic E-state index is 0.284. The molecule has 2 aromatic heterocycles. The van der Waals surface area contributed by atoms with Crippen molar-refractivity contribution in [1.82, 2.24) is 9.71 Å². The van der Waals surface area contributed by atoms with E-state index in [-0.39, 0.29) is 5.41 Å². The molecule has 0 bridgehead atoms. The van der Waals surface area contributed by atoms with Crippen LogP contribution < -0.4 is 15.2 Å². The standard InChI is InChI=1S/C23H32N4O2S2/c1-31(24,29,21-15-6-3-2-5-14(15)13-30-21)27-22(28)26-19-16-7-4-8-18(16)25-20-17(19)9-10-23(20)11-12-23/h13,22,28H,2-12H2,1H3,(H,25,26)(H3,24,27,29). The predicted octanol–water partition coefficient (Wildman–Crippen LogP) is 3.06. The Labute approximate surface area is 187 Å². The summed E-state index contributed by atoms with van der Waals surface area (Å²) in [5.74, 6) is 0. The number of thiophene rings is 1. The smallest absolute Gasteiger partial charge is 0.192 e. The fraction of sp³-hybridized carbons (Fsp3) is 0.609. The van der Waals surface area contributed by atoms with E-state index in [1.165, 1.54) is 58.7 Å². The van der Waals surface area contributed by atoms with Gasteiger partial charge in [0.15, 0.2) is 6.35 Å². The number of nitrogens with zero attached hydrogens (tertiary/aromatic N) is 1. The molecule has 4 aliphatic carbocycles. The summed E-state index contributed by atoms with van der Waals surface area (Å²) in [6, 6.07) is 0. The minimum atomic E-state index is -3.90. The molecule has 4 aliphatic rings. The van der Waals surface area contributed by atoms with Gasteiger partial charge in [-0.1, -0.05) is 0 Å². The Morgan fingerprint density at radius 2 is 1.87 bits per heavy atom. The molecular formula is C23H32N4O2S2. The van der Waals surface area contributed by atoms with E-state index < -0.39 is 15.8 Å². The summed E-state index contributed by atoms with van der Waals surface area (Å²) >= 11 is 1.47. The predicted molar refractivity (Wildman–Crippen MR) is 126 cm³/mol. The van der Waals surface area contributed by atoms with Crippen molar-refractivity contribution in [3.8, 4) is 0 Å². The van der Waals surface area contributed by atoms with Gasteiger partial charge in [0.25, 0.3) is 0 Å². The Morgan fingerprint density at radius 1 is 1.10 bits per heavy atom. The number of rotatable bonds is 5. The Morgan fingerprint density at radius 3 is 2.68 bits per heavy atom. The number of pyridine rings is 1. The first-order valence-electron chi connectivity index (χ1n) is 11.6. The SMILES string of the molecule is CS(N)(=O)(NC(O)Nc1c2c(nc3c1CCC31CC1)CCC2)c1scc2c1CCCC2. The number of hydrogen-bond donors (Lipinski definition) is 4. The van der Waals surface area contributed by atoms with Crippen molar-refractivity contribution in [2.24, 2.45) is 5.14 Å². The summed E-state index contributed by atoms with van der Waals surface area (Å²) < 4.78 is 17.6. The second kappa shape index (κ2) is 6.60. The van der Waals surface area contributed by atoms with Crippen LogP contribution in [0.4, 0.5) is 5.69 Å². The molecule has 1 atom stereocenters. The monoisotopic (exact) mass is 460 g/mol. The van der Waals surface area contributed by atoms with Crippen molar-refractivity contribution in [3.63, 3.8) is 0 Å². The molecule has 5 N–H and O–H groups in total. The van der Waals surface area contributed by atoms with Gasteiger partial charge in [0, 0.05) is 32.5 Å². The van der Waals surface area contributed by atoms with Crippen LogP contribution in [0.25, 0.3) is 0 Å². The molecule has 6 nitrogen and oxygen atoms in total. The Bertz CT molecular complexity index is 1140. The molecule has 0 saturated heterocycles. The van der Waals surface area contributed by atoms with Crippen molar-refractivity contribution in [2.45, 2.75) is 86.6 Å². The molecule has 2 heterocycles. The molecule has 0 aromatic carbocycles. The molecule has 6 rings (SSSR count). The third-order valence-electron chi connectivity index (χ3n) is 7.75. The molecule has 1 unspecified atom stereocenters. The summed E-state index contributed by atoms with van der Waals surface area (Å²) in [4.78, 5) is 5.07. The van der Waals surface area contributed by atoms with Crippen LogP contribution >= 0.6 is 11.3 Å². The van der Waals surface area contributed by atoms with Crippen LogP contribution in [0.5, 0.6) is 0 Å². The van der Waals surface area contributed by atoms with Gasteiger partial charge in [-0.15, -0.1) is 11.3 Å². The first kappa shape index (κ1) is 20.3. The second-order valence-corrected chi connectivity index (χ2v) is 14.8. The van der Waals surface area contributed by atoms with E-state index in [4.69, 9.17) is 10.1 Å². The van der Waals surface area contributed by atoms with E-state index in [0.717, 1.165) is 62.6 Å². The van der Waals surface area contributed by atoms with Gasteiger partial charge >= 0.3 is 0 Å². The van der Waals surface area contributed by atoms with Crippen LogP contribution in [0.3, 0.4) is 0 Å². The molecule has 0 aliphatic heterocycles. The van der Waals surface area contributed by atoms with Crippen molar-refractivity contribution < 1.29 is 9.32 Å². The van der Waals surface area contributed by atoms with E-state index in [1.54, 1.807) is 6.26 Å². The topological polar surface area (TPSA) is 100 Å². The van der Waals surface area contributed by atoms with Crippen LogP contribution in [0.1, 0.15) is 72.2 Å². The number of nitrogens with one attached hydrogen (secondary N) is 2. The second-order valence-electron chi connectivity index (χ2n) is 10.2. The molecule has 31 heavy (non-hydrogen) atoms. The molecule has 8 heteroatoms. The summed E-state index contributed by atoms with van der Waals surface area (Å²) in [7, 11) is -3.90. The van der Waals surface area contributed by atoms with Gasteiger partial charge in [0.2, 0.25) is 0 Å². The largest absolute Gasteiger partial charge is 0.360 e. The highest BCUT2D eigenvalue weighted by Gasteiger charge is 2.51. The average molecular weight is 461 g/mol. The van der Waals surface area contributed by atoms with E-state index in [0.29, 0.717) is 4.21 Å². The zero-order chi connectivity index (χ0) is 21.5. The van der Waals surface area contributed by atoms with Gasteiger partial charge < -0.3 is 10.4 Å². The Hall–Kier alpha value is -1.32. The lowest BCUT2D eigenvalue weighted by atomic mass is 9.96. The highest BCUT2D eigenvalue weighted by atomic mass is 32.3. The molecule has 168 valence electrons. The van der Waals surface area contributed by atoms with E-state index in [9.17, 15) is 9.32 Å². The van der Waals surface area contributed by atoms with Crippen molar-refractivity contribution >= 4 is 26.5 Å². The fourth-order valence-corrected chi connectivity index (χ4v) is 9.71. The average Bonchev–Trinajstić information content (AvgIpc) is 3.06. The number of aryl methyl sites for hydroxylation is 2. The fourth-order valence-electron chi connectivity index (χ4n) is 6.01. The van der Waals surface area contributed by atoms with Crippen LogP contribution in [-0.4, -0.2) is 26.9 Å². The normalized spacial score (nSPS) is 23.0. The number of nitrogens with two attached hydrogens (primary N) is 1. The highest BCUT2D eigenvalue weighted by molar-refractivity contribution is 8.17. The van der Waals surface area contributed by atoms with Gasteiger partial charge in [-0.25, -0.2) is 4.21 Å². The quantitative estimate of drug-likeness (QED) is 0.515. The third kappa shape index (κ3) is 3.22. The lowest BCUT2D eigenvalue weighted by Gasteiger charge is -2.38. The number of aliphatic hydroxyl groups excluding tert-OH is 1. The molecule has 2 aromatic rings. The lowest BCUT2D eigenvalue weighted by molar-refractivity contribution is 0.192. The van der Waals surface area contributed by atoms with Crippen LogP contribution in [-0.2, 0) is 47.0 Å². The molecule has 0 amide bonds. The summed E-state index contributed by atoms with van der Waals surface area (Å²) in [6.07, 6.45) is 12.2. The minimum Gasteiger partial charge on any atom is -0.360 e. The first-order chi connectivity index (χ1) is 14.7. The number of aliphatic hydroxyl groups is 1. The lowest BCUT2D eigenvalue weighted by Crippen LogP contribution is -2.59. The maximum absolute atomic E-state index is 14.0. The molecular weight excluding hydrogens is 428 g/mol. The zero-order valence-corrected chi connectivity index (χ0v) is 19.8. The van der Waals surface area contributed by atoms with Gasteiger partial charge in [-0.05, 0) is 98.3 Å². The van der Waals surface area contributed by atoms with Crippen molar-refractivity contribution in [2.75, 3.05) is 11.6 Å². The number of hydrogen-bond acceptors (Lipinski definition) is 5. The van der Waals surface area contributed by atoms with Crippen molar-refractivity contribution in [1.29, 1.82) is 0 Å². The number of fused-ring (bicyclic) bond motifs is 4.